The molecule has 0 saturated carbocycles. The van der Waals surface area contributed by atoms with E-state index in [2.05, 4.69) is 14.8 Å². The lowest BCUT2D eigenvalue weighted by Gasteiger charge is -2.15. The van der Waals surface area contributed by atoms with Crippen LogP contribution < -0.4 is 11.1 Å². The van der Waals surface area contributed by atoms with Crippen molar-refractivity contribution in [2.45, 2.75) is 39.0 Å². The summed E-state index contributed by atoms with van der Waals surface area (Å²) in [4.78, 5) is 32.5. The summed E-state index contributed by atoms with van der Waals surface area (Å²) in [5, 5.41) is 22.2. The van der Waals surface area contributed by atoms with Gasteiger partial charge >= 0.3 is 13.8 Å². The standard InChI is InChI=1S/C18H24N3O7P/c1-11-17(22)15(13(8-20-11)10-28-29(25,26)27)9-21-14-5-2-12(3-6-14)4-7-16(19)18(23)24/h2-3,5-6,8,16,21-22H,4,7,9-10,19H2,1H3,(H,23,24)(H2,25,26,27)/t16-/m0/s1. The molecule has 0 radical (unpaired) electrons. The number of aromatic hydroxyl groups is 1. The van der Waals surface area contributed by atoms with E-state index in [4.69, 9.17) is 20.6 Å². The van der Waals surface area contributed by atoms with Crippen molar-refractivity contribution >= 4 is 19.5 Å². The minimum Gasteiger partial charge on any atom is -0.506 e. The average molecular weight is 425 g/mol. The number of aromatic nitrogens is 1. The number of anilines is 1. The number of nitrogens with one attached hydrogen (secondary N) is 1. The quantitative estimate of drug-likeness (QED) is 0.307. The summed E-state index contributed by atoms with van der Waals surface area (Å²) in [6.45, 7) is 1.40. The third kappa shape index (κ3) is 7.12. The van der Waals surface area contributed by atoms with Gasteiger partial charge in [0.05, 0.1) is 12.3 Å². The maximum Gasteiger partial charge on any atom is 0.469 e. The molecule has 1 atom stereocenters. The molecule has 10 nitrogen and oxygen atoms in total. The molecule has 11 heteroatoms. The second kappa shape index (κ2) is 9.82. The van der Waals surface area contributed by atoms with Crippen molar-refractivity contribution in [2.24, 2.45) is 5.73 Å². The summed E-state index contributed by atoms with van der Waals surface area (Å²) >= 11 is 0. The Morgan fingerprint density at radius 3 is 2.55 bits per heavy atom. The van der Waals surface area contributed by atoms with Crippen molar-refractivity contribution in [2.75, 3.05) is 5.32 Å². The number of carbonyl (C=O) groups is 1. The summed E-state index contributed by atoms with van der Waals surface area (Å²) in [7, 11) is -4.66. The third-order valence-corrected chi connectivity index (χ3v) is 4.77. The predicted molar refractivity (Wildman–Crippen MR) is 105 cm³/mol. The summed E-state index contributed by atoms with van der Waals surface area (Å²) in [5.74, 6) is -1.11. The molecule has 1 aromatic heterocycles. The van der Waals surface area contributed by atoms with Crippen LogP contribution >= 0.6 is 7.82 Å². The Bertz CT molecular complexity index is 899. The number of pyridine rings is 1. The highest BCUT2D eigenvalue weighted by molar-refractivity contribution is 7.46. The zero-order valence-corrected chi connectivity index (χ0v) is 16.7. The average Bonchev–Trinajstić information content (AvgIpc) is 2.66. The van der Waals surface area contributed by atoms with Crippen molar-refractivity contribution in [3.63, 3.8) is 0 Å². The van der Waals surface area contributed by atoms with E-state index in [9.17, 15) is 14.5 Å². The van der Waals surface area contributed by atoms with E-state index >= 15 is 0 Å². The molecule has 7 N–H and O–H groups in total. The van der Waals surface area contributed by atoms with Crippen LogP contribution in [-0.4, -0.2) is 37.0 Å². The second-order valence-corrected chi connectivity index (χ2v) is 7.73. The molecule has 1 heterocycles. The number of benzene rings is 1. The Morgan fingerprint density at radius 2 is 1.97 bits per heavy atom. The summed E-state index contributed by atoms with van der Waals surface area (Å²) in [6.07, 6.45) is 2.26. The van der Waals surface area contributed by atoms with E-state index in [0.717, 1.165) is 11.3 Å². The highest BCUT2D eigenvalue weighted by Gasteiger charge is 2.18. The van der Waals surface area contributed by atoms with E-state index in [1.54, 1.807) is 19.1 Å². The van der Waals surface area contributed by atoms with Crippen molar-refractivity contribution < 1.29 is 33.9 Å². The number of hydrogen-bond acceptors (Lipinski definition) is 7. The van der Waals surface area contributed by atoms with Crippen molar-refractivity contribution in [1.82, 2.24) is 4.98 Å². The molecule has 0 aliphatic carbocycles. The van der Waals surface area contributed by atoms with Crippen LogP contribution in [0, 0.1) is 6.92 Å². The maximum atomic E-state index is 10.9. The minimum absolute atomic E-state index is 0.0800. The van der Waals surface area contributed by atoms with Gasteiger partial charge < -0.3 is 31.1 Å². The smallest absolute Gasteiger partial charge is 0.469 e. The largest absolute Gasteiger partial charge is 0.506 e. The molecule has 1 aromatic carbocycles. The fraction of sp³-hybridized carbons (Fsp3) is 0.333. The van der Waals surface area contributed by atoms with Crippen LogP contribution in [0.4, 0.5) is 5.69 Å². The first-order valence-corrected chi connectivity index (χ1v) is 10.3. The van der Waals surface area contributed by atoms with Crippen LogP contribution in [0.2, 0.25) is 0 Å². The van der Waals surface area contributed by atoms with Gasteiger partial charge in [-0.05, 0) is 37.5 Å². The number of nitrogens with two attached hydrogens (primary N) is 1. The number of phosphoric ester groups is 1. The molecular weight excluding hydrogens is 401 g/mol. The Labute approximate surface area is 167 Å². The highest BCUT2D eigenvalue weighted by atomic mass is 31.2. The number of aryl methyl sites for hydroxylation is 2. The Hall–Kier alpha value is -2.49. The van der Waals surface area contributed by atoms with Gasteiger partial charge in [-0.1, -0.05) is 12.1 Å². The number of carboxylic acids is 1. The fourth-order valence-electron chi connectivity index (χ4n) is 2.58. The summed E-state index contributed by atoms with van der Waals surface area (Å²) in [5.41, 5.74) is 8.33. The van der Waals surface area contributed by atoms with Gasteiger partial charge in [0.2, 0.25) is 0 Å². The van der Waals surface area contributed by atoms with Gasteiger partial charge in [0.25, 0.3) is 0 Å². The minimum atomic E-state index is -4.66. The molecule has 0 amide bonds. The SMILES string of the molecule is Cc1ncc(COP(=O)(O)O)c(CNc2ccc(CC[C@H](N)C(=O)O)cc2)c1O. The lowest BCUT2D eigenvalue weighted by Crippen LogP contribution is -2.30. The second-order valence-electron chi connectivity index (χ2n) is 6.49. The lowest BCUT2D eigenvalue weighted by molar-refractivity contribution is -0.138. The maximum absolute atomic E-state index is 10.9. The van der Waals surface area contributed by atoms with Crippen LogP contribution in [0.15, 0.2) is 30.5 Å². The summed E-state index contributed by atoms with van der Waals surface area (Å²) < 4.78 is 15.5. The molecule has 0 bridgehead atoms. The fourth-order valence-corrected chi connectivity index (χ4v) is 2.89. The molecule has 2 rings (SSSR count). The highest BCUT2D eigenvalue weighted by Crippen LogP contribution is 2.38. The first-order valence-electron chi connectivity index (χ1n) is 8.74. The molecule has 0 unspecified atom stereocenters. The van der Waals surface area contributed by atoms with Crippen LogP contribution in [0.5, 0.6) is 5.75 Å². The van der Waals surface area contributed by atoms with Gasteiger partial charge in [-0.3, -0.25) is 14.3 Å². The molecule has 2 aromatic rings. The third-order valence-electron chi connectivity index (χ3n) is 4.30. The Balaban J connectivity index is 2.04. The Morgan fingerprint density at radius 1 is 1.31 bits per heavy atom. The van der Waals surface area contributed by atoms with Crippen LogP contribution in [0.3, 0.4) is 0 Å². The molecule has 0 aliphatic heterocycles. The molecular formula is C18H24N3O7P. The van der Waals surface area contributed by atoms with Crippen molar-refractivity contribution in [1.29, 1.82) is 0 Å². The first kappa shape index (κ1) is 22.8. The number of nitrogens with zero attached hydrogens (tertiary/aromatic N) is 1. The molecule has 0 saturated heterocycles. The first-order chi connectivity index (χ1) is 13.6. The zero-order valence-electron chi connectivity index (χ0n) is 15.8. The Kier molecular flexibility index (Phi) is 7.72. The molecule has 0 spiro atoms. The topological polar surface area (TPSA) is 175 Å². The molecule has 158 valence electrons. The van der Waals surface area contributed by atoms with Crippen molar-refractivity contribution in [3.05, 3.63) is 52.8 Å². The van der Waals surface area contributed by atoms with E-state index in [-0.39, 0.29) is 12.3 Å². The number of rotatable bonds is 10. The van der Waals surface area contributed by atoms with Crippen LogP contribution in [0.25, 0.3) is 0 Å². The van der Waals surface area contributed by atoms with E-state index in [1.165, 1.54) is 6.20 Å². The molecule has 29 heavy (non-hydrogen) atoms. The lowest BCUT2D eigenvalue weighted by atomic mass is 10.1. The molecule has 0 fully saturated rings. The number of hydrogen-bond donors (Lipinski definition) is 6. The number of aliphatic carboxylic acids is 1. The van der Waals surface area contributed by atoms with Gasteiger partial charge in [0.15, 0.2) is 0 Å². The zero-order chi connectivity index (χ0) is 21.6. The molecule has 0 aliphatic rings. The van der Waals surface area contributed by atoms with Gasteiger partial charge in [0.1, 0.15) is 11.8 Å². The van der Waals surface area contributed by atoms with E-state index in [0.29, 0.717) is 29.7 Å². The van der Waals surface area contributed by atoms with Crippen LogP contribution in [0.1, 0.15) is 28.8 Å². The number of phosphoric acid groups is 1. The van der Waals surface area contributed by atoms with Gasteiger partial charge in [0, 0.05) is 29.6 Å². The van der Waals surface area contributed by atoms with Gasteiger partial charge in [-0.15, -0.1) is 0 Å². The predicted octanol–water partition coefficient (Wildman–Crippen LogP) is 1.66. The van der Waals surface area contributed by atoms with Crippen molar-refractivity contribution in [3.8, 4) is 5.75 Å². The normalized spacial score (nSPS) is 12.6. The van der Waals surface area contributed by atoms with Crippen LogP contribution in [-0.2, 0) is 33.5 Å². The number of carboxylic acid groups (broad SMARTS) is 1. The van der Waals surface area contributed by atoms with Gasteiger partial charge in [-0.2, -0.15) is 0 Å². The van der Waals surface area contributed by atoms with E-state index < -0.39 is 26.4 Å². The van der Waals surface area contributed by atoms with E-state index in [1.807, 2.05) is 12.1 Å². The monoisotopic (exact) mass is 425 g/mol. The summed E-state index contributed by atoms with van der Waals surface area (Å²) in [6, 6.07) is 6.38. The van der Waals surface area contributed by atoms with Gasteiger partial charge in [-0.25, -0.2) is 4.57 Å².